The average Bonchev–Trinajstić information content (AvgIpc) is 2.32. The van der Waals surface area contributed by atoms with E-state index in [1.54, 1.807) is 11.2 Å². The molecule has 0 amide bonds. The molecule has 4 nitrogen and oxygen atoms in total. The molecule has 0 atom stereocenters. The maximum Gasteiger partial charge on any atom is 0.495 e. The van der Waals surface area contributed by atoms with Crippen LogP contribution in [0.15, 0.2) is 17.2 Å². The molecule has 1 heterocycles. The Hall–Kier alpha value is -0.805. The van der Waals surface area contributed by atoms with Crippen molar-refractivity contribution in [2.45, 2.75) is 38.9 Å². The van der Waals surface area contributed by atoms with Crippen molar-refractivity contribution in [3.63, 3.8) is 0 Å². The molecule has 0 saturated carbocycles. The molecule has 0 unspecified atom stereocenters. The van der Waals surface area contributed by atoms with Gasteiger partial charge >= 0.3 is 7.12 Å². The smallest absolute Gasteiger partial charge is 0.399 e. The Kier molecular flexibility index (Phi) is 3.50. The Bertz CT molecular complexity index is 295. The molecule has 0 aromatic carbocycles. The highest BCUT2D eigenvalue weighted by molar-refractivity contribution is 6.60. The summed E-state index contributed by atoms with van der Waals surface area (Å²) < 4.78 is 11.7. The van der Waals surface area contributed by atoms with E-state index in [4.69, 9.17) is 9.31 Å². The number of hydrazone groups is 1. The van der Waals surface area contributed by atoms with Crippen LogP contribution in [0.1, 0.15) is 27.7 Å². The minimum Gasteiger partial charge on any atom is -0.399 e. The molecule has 1 aliphatic heterocycles. The normalized spacial score (nSPS) is 22.8. The van der Waals surface area contributed by atoms with Crippen LogP contribution in [0.3, 0.4) is 0 Å². The largest absolute Gasteiger partial charge is 0.495 e. The van der Waals surface area contributed by atoms with Crippen molar-refractivity contribution in [3.05, 3.63) is 12.1 Å². The zero-order chi connectivity index (χ0) is 12.6. The summed E-state index contributed by atoms with van der Waals surface area (Å²) in [5.41, 5.74) is 0.0754. The first kappa shape index (κ1) is 13.3. The fraction of sp³-hybridized carbons (Fsp3) is 0.727. The average molecular weight is 224 g/mol. The Morgan fingerprint density at radius 2 is 1.62 bits per heavy atom. The molecule has 0 aromatic heterocycles. The maximum absolute atomic E-state index is 5.83. The van der Waals surface area contributed by atoms with Crippen molar-refractivity contribution in [1.82, 2.24) is 5.01 Å². The summed E-state index contributed by atoms with van der Waals surface area (Å²) in [6, 6.07) is 0. The predicted octanol–water partition coefficient (Wildman–Crippen LogP) is 1.72. The topological polar surface area (TPSA) is 34.1 Å². The minimum absolute atomic E-state index is 0.327. The van der Waals surface area contributed by atoms with Crippen LogP contribution in [0.25, 0.3) is 0 Å². The third-order valence-corrected chi connectivity index (χ3v) is 3.01. The number of rotatable bonds is 3. The van der Waals surface area contributed by atoms with Crippen LogP contribution in [0.5, 0.6) is 0 Å². The van der Waals surface area contributed by atoms with Crippen molar-refractivity contribution < 1.29 is 9.31 Å². The van der Waals surface area contributed by atoms with Crippen LogP contribution in [-0.4, -0.2) is 43.6 Å². The molecule has 0 N–H and O–H groups in total. The van der Waals surface area contributed by atoms with Crippen molar-refractivity contribution in [2.75, 3.05) is 14.1 Å². The van der Waals surface area contributed by atoms with Gasteiger partial charge in [-0.05, 0) is 33.2 Å². The van der Waals surface area contributed by atoms with Gasteiger partial charge in [0.2, 0.25) is 0 Å². The molecule has 1 saturated heterocycles. The van der Waals surface area contributed by atoms with Gasteiger partial charge in [0.1, 0.15) is 0 Å². The monoisotopic (exact) mass is 224 g/mol. The standard InChI is InChI=1S/C11H21BN2O2/c1-9(8-13-14(6)7)12-15-10(2,3)11(4,5)16-12/h8H,1H2,2-7H3/b13-8-. The second-order valence-corrected chi connectivity index (χ2v) is 5.25. The van der Waals surface area contributed by atoms with Crippen LogP contribution in [0.2, 0.25) is 0 Å². The number of hydrogen-bond acceptors (Lipinski definition) is 4. The molecule has 90 valence electrons. The zero-order valence-electron chi connectivity index (χ0n) is 11.1. The minimum atomic E-state index is -0.409. The molecule has 0 aliphatic carbocycles. The molecule has 5 heteroatoms. The Morgan fingerprint density at radius 3 is 2.00 bits per heavy atom. The Balaban J connectivity index is 2.70. The molecule has 0 bridgehead atoms. The van der Waals surface area contributed by atoms with Crippen LogP contribution < -0.4 is 0 Å². The van der Waals surface area contributed by atoms with Gasteiger partial charge in [-0.1, -0.05) is 6.58 Å². The van der Waals surface area contributed by atoms with E-state index in [1.807, 2.05) is 41.8 Å². The van der Waals surface area contributed by atoms with Crippen molar-refractivity contribution in [3.8, 4) is 0 Å². The summed E-state index contributed by atoms with van der Waals surface area (Å²) in [4.78, 5) is 0. The maximum atomic E-state index is 5.83. The van der Waals surface area contributed by atoms with Crippen LogP contribution in [0, 0.1) is 0 Å². The van der Waals surface area contributed by atoms with Gasteiger partial charge in [0.05, 0.1) is 11.2 Å². The highest BCUT2D eigenvalue weighted by atomic mass is 16.7. The molecule has 0 radical (unpaired) electrons. The SMILES string of the molecule is C=C(/C=N\N(C)C)B1OC(C)(C)C(C)(C)O1. The van der Waals surface area contributed by atoms with Gasteiger partial charge in [0, 0.05) is 20.3 Å². The van der Waals surface area contributed by atoms with Gasteiger partial charge in [-0.25, -0.2) is 0 Å². The third-order valence-electron chi connectivity index (χ3n) is 3.01. The van der Waals surface area contributed by atoms with Gasteiger partial charge in [-0.3, -0.25) is 0 Å². The van der Waals surface area contributed by atoms with E-state index in [1.165, 1.54) is 0 Å². The summed E-state index contributed by atoms with van der Waals surface area (Å²) >= 11 is 0. The number of nitrogens with zero attached hydrogens (tertiary/aromatic N) is 2. The molecule has 0 aromatic rings. The number of hydrogen-bond donors (Lipinski definition) is 0. The number of allylic oxidation sites excluding steroid dienone is 1. The molecular weight excluding hydrogens is 203 g/mol. The first-order valence-electron chi connectivity index (χ1n) is 5.41. The highest BCUT2D eigenvalue weighted by Gasteiger charge is 2.51. The summed E-state index contributed by atoms with van der Waals surface area (Å²) in [7, 11) is 3.30. The quantitative estimate of drug-likeness (QED) is 0.416. The zero-order valence-corrected chi connectivity index (χ0v) is 11.1. The lowest BCUT2D eigenvalue weighted by molar-refractivity contribution is 0.00578. The molecule has 1 rings (SSSR count). The van der Waals surface area contributed by atoms with Crippen molar-refractivity contribution in [2.24, 2.45) is 5.10 Å². The lowest BCUT2D eigenvalue weighted by Crippen LogP contribution is -2.41. The first-order valence-corrected chi connectivity index (χ1v) is 5.41. The molecule has 1 aliphatic rings. The van der Waals surface area contributed by atoms with Crippen LogP contribution in [-0.2, 0) is 9.31 Å². The van der Waals surface area contributed by atoms with E-state index in [-0.39, 0.29) is 11.2 Å². The summed E-state index contributed by atoms with van der Waals surface area (Å²) in [5, 5.41) is 5.82. The fourth-order valence-corrected chi connectivity index (χ4v) is 1.24. The van der Waals surface area contributed by atoms with Crippen molar-refractivity contribution in [1.29, 1.82) is 0 Å². The lowest BCUT2D eigenvalue weighted by Gasteiger charge is -2.32. The third kappa shape index (κ3) is 2.65. The van der Waals surface area contributed by atoms with E-state index in [9.17, 15) is 0 Å². The van der Waals surface area contributed by atoms with Crippen LogP contribution >= 0.6 is 0 Å². The summed E-state index contributed by atoms with van der Waals surface area (Å²) in [6.45, 7) is 12.0. The predicted molar refractivity (Wildman–Crippen MR) is 67.4 cm³/mol. The highest BCUT2D eigenvalue weighted by Crippen LogP contribution is 2.37. The molecular formula is C11H21BN2O2. The first-order chi connectivity index (χ1) is 7.16. The van der Waals surface area contributed by atoms with Crippen LogP contribution in [0.4, 0.5) is 0 Å². The second kappa shape index (κ2) is 4.22. The van der Waals surface area contributed by atoms with E-state index >= 15 is 0 Å². The molecule has 0 spiro atoms. The van der Waals surface area contributed by atoms with Crippen molar-refractivity contribution >= 4 is 13.3 Å². The van der Waals surface area contributed by atoms with E-state index in [2.05, 4.69) is 11.7 Å². The Labute approximate surface area is 98.4 Å². The van der Waals surface area contributed by atoms with E-state index in [0.717, 1.165) is 5.47 Å². The molecule has 1 fully saturated rings. The van der Waals surface area contributed by atoms with Gasteiger partial charge in [-0.15, -0.1) is 0 Å². The Morgan fingerprint density at radius 1 is 1.19 bits per heavy atom. The lowest BCUT2D eigenvalue weighted by atomic mass is 9.80. The van der Waals surface area contributed by atoms with Gasteiger partial charge < -0.3 is 14.3 Å². The molecule has 16 heavy (non-hydrogen) atoms. The van der Waals surface area contributed by atoms with E-state index < -0.39 is 7.12 Å². The fourth-order valence-electron chi connectivity index (χ4n) is 1.24. The van der Waals surface area contributed by atoms with Gasteiger partial charge in [0.25, 0.3) is 0 Å². The van der Waals surface area contributed by atoms with Gasteiger partial charge in [0.15, 0.2) is 0 Å². The van der Waals surface area contributed by atoms with E-state index in [0.29, 0.717) is 0 Å². The summed E-state index contributed by atoms with van der Waals surface area (Å²) in [6.07, 6.45) is 1.67. The van der Waals surface area contributed by atoms with Gasteiger partial charge in [-0.2, -0.15) is 5.10 Å². The second-order valence-electron chi connectivity index (χ2n) is 5.25. The summed E-state index contributed by atoms with van der Waals surface area (Å²) in [5.74, 6) is 0.